The number of aromatic hydroxyl groups is 1. The first-order chi connectivity index (χ1) is 6.20. The second kappa shape index (κ2) is 2.83. The van der Waals surface area contributed by atoms with Crippen molar-refractivity contribution in [1.29, 1.82) is 0 Å². The van der Waals surface area contributed by atoms with E-state index in [0.29, 0.717) is 30.4 Å². The summed E-state index contributed by atoms with van der Waals surface area (Å²) in [6.45, 7) is 0. The molecule has 0 amide bonds. The lowest BCUT2D eigenvalue weighted by Crippen LogP contribution is -2.12. The Morgan fingerprint density at radius 3 is 2.85 bits per heavy atom. The van der Waals surface area contributed by atoms with Gasteiger partial charge in [0.1, 0.15) is 0 Å². The molecule has 0 saturated carbocycles. The van der Waals surface area contributed by atoms with Gasteiger partial charge in [0.25, 0.3) is 0 Å². The average molecular weight is 180 g/mol. The van der Waals surface area contributed by atoms with Crippen molar-refractivity contribution in [2.24, 2.45) is 0 Å². The highest BCUT2D eigenvalue weighted by molar-refractivity contribution is 5.98. The Labute approximate surface area is 75.0 Å². The number of carbonyl (C=O) groups is 1. The van der Waals surface area contributed by atoms with Crippen molar-refractivity contribution < 1.29 is 14.3 Å². The molecule has 68 valence electrons. The summed E-state index contributed by atoms with van der Waals surface area (Å²) < 4.78 is 13.3. The highest BCUT2D eigenvalue weighted by Gasteiger charge is 2.21. The summed E-state index contributed by atoms with van der Waals surface area (Å²) in [5.74, 6) is -1.03. The maximum absolute atomic E-state index is 13.3. The summed E-state index contributed by atoms with van der Waals surface area (Å²) in [7, 11) is 0. The molecule has 0 heterocycles. The minimum atomic E-state index is -0.634. The minimum Gasteiger partial charge on any atom is -0.505 e. The number of carbonyl (C=O) groups excluding carboxylic acids is 1. The van der Waals surface area contributed by atoms with E-state index in [1.54, 1.807) is 0 Å². The second-order valence-corrected chi connectivity index (χ2v) is 3.20. The molecule has 13 heavy (non-hydrogen) atoms. The lowest BCUT2D eigenvalue weighted by Gasteiger charge is -2.15. The third-order valence-electron chi connectivity index (χ3n) is 2.35. The first-order valence-corrected chi connectivity index (χ1v) is 4.23. The molecule has 0 radical (unpaired) electrons. The molecule has 2 rings (SSSR count). The van der Waals surface area contributed by atoms with Crippen molar-refractivity contribution in [2.45, 2.75) is 19.3 Å². The molecule has 2 nitrogen and oxygen atoms in total. The summed E-state index contributed by atoms with van der Waals surface area (Å²) >= 11 is 0. The quantitative estimate of drug-likeness (QED) is 0.663. The molecule has 0 atom stereocenters. The monoisotopic (exact) mass is 180 g/mol. The van der Waals surface area contributed by atoms with Crippen LogP contribution in [0.2, 0.25) is 0 Å². The van der Waals surface area contributed by atoms with Crippen molar-refractivity contribution in [3.05, 3.63) is 29.1 Å². The molecule has 0 aliphatic heterocycles. The molecule has 1 N–H and O–H groups in total. The number of Topliss-reactive ketones (excluding diaryl/α,β-unsaturated/α-hetero) is 1. The van der Waals surface area contributed by atoms with Gasteiger partial charge in [-0.2, -0.15) is 0 Å². The molecule has 3 heteroatoms. The van der Waals surface area contributed by atoms with Gasteiger partial charge in [0.05, 0.1) is 0 Å². The zero-order valence-corrected chi connectivity index (χ0v) is 7.01. The Bertz CT molecular complexity index is 371. The molecule has 1 aliphatic carbocycles. The summed E-state index contributed by atoms with van der Waals surface area (Å²) in [5, 5.41) is 9.08. The Morgan fingerprint density at radius 2 is 2.08 bits per heavy atom. The fourth-order valence-electron chi connectivity index (χ4n) is 1.67. The van der Waals surface area contributed by atoms with Gasteiger partial charge in [0, 0.05) is 17.5 Å². The molecule has 0 unspecified atom stereocenters. The van der Waals surface area contributed by atoms with Gasteiger partial charge in [-0.3, -0.25) is 4.79 Å². The van der Waals surface area contributed by atoms with Crippen molar-refractivity contribution in [3.8, 4) is 5.75 Å². The predicted octanol–water partition coefficient (Wildman–Crippen LogP) is 2.05. The fraction of sp³-hybridized carbons (Fsp3) is 0.300. The first-order valence-electron chi connectivity index (χ1n) is 4.23. The van der Waals surface area contributed by atoms with Crippen LogP contribution in [-0.2, 0) is 6.42 Å². The van der Waals surface area contributed by atoms with Gasteiger partial charge in [-0.1, -0.05) is 0 Å². The van der Waals surface area contributed by atoms with E-state index in [1.165, 1.54) is 12.1 Å². The second-order valence-electron chi connectivity index (χ2n) is 3.20. The Kier molecular flexibility index (Phi) is 1.79. The zero-order chi connectivity index (χ0) is 9.42. The predicted molar refractivity (Wildman–Crippen MR) is 45.3 cm³/mol. The van der Waals surface area contributed by atoms with Gasteiger partial charge in [0.15, 0.2) is 17.3 Å². The zero-order valence-electron chi connectivity index (χ0n) is 7.01. The maximum Gasteiger partial charge on any atom is 0.168 e. The lowest BCUT2D eigenvalue weighted by molar-refractivity contribution is 0.0971. The molecular weight excluding hydrogens is 171 g/mol. The van der Waals surface area contributed by atoms with E-state index in [9.17, 15) is 9.18 Å². The van der Waals surface area contributed by atoms with Crippen molar-refractivity contribution in [2.75, 3.05) is 0 Å². The highest BCUT2D eigenvalue weighted by Crippen LogP contribution is 2.28. The molecule has 0 spiro atoms. The van der Waals surface area contributed by atoms with Crippen molar-refractivity contribution in [3.63, 3.8) is 0 Å². The van der Waals surface area contributed by atoms with Crippen LogP contribution < -0.4 is 0 Å². The third kappa shape index (κ3) is 1.20. The number of hydrogen-bond acceptors (Lipinski definition) is 2. The molecule has 0 saturated heterocycles. The van der Waals surface area contributed by atoms with Crippen LogP contribution in [0.3, 0.4) is 0 Å². The van der Waals surface area contributed by atoms with Gasteiger partial charge >= 0.3 is 0 Å². The molecule has 1 aromatic rings. The van der Waals surface area contributed by atoms with Crippen LogP contribution in [-0.4, -0.2) is 10.9 Å². The molecule has 0 bridgehead atoms. The molecule has 1 aliphatic rings. The van der Waals surface area contributed by atoms with E-state index < -0.39 is 5.82 Å². The van der Waals surface area contributed by atoms with Crippen LogP contribution >= 0.6 is 0 Å². The van der Waals surface area contributed by atoms with Gasteiger partial charge in [-0.05, 0) is 25.0 Å². The molecular formula is C10H9FO2. The lowest BCUT2D eigenvalue weighted by atomic mass is 9.90. The van der Waals surface area contributed by atoms with E-state index in [4.69, 9.17) is 5.11 Å². The number of rotatable bonds is 0. The summed E-state index contributed by atoms with van der Waals surface area (Å²) in [5.41, 5.74) is 0.804. The summed E-state index contributed by atoms with van der Waals surface area (Å²) in [4.78, 5) is 11.3. The van der Waals surface area contributed by atoms with Crippen LogP contribution in [0.4, 0.5) is 4.39 Å². The number of halogens is 1. The molecule has 1 aromatic carbocycles. The number of ketones is 1. The van der Waals surface area contributed by atoms with E-state index >= 15 is 0 Å². The highest BCUT2D eigenvalue weighted by atomic mass is 19.1. The van der Waals surface area contributed by atoms with E-state index in [1.807, 2.05) is 0 Å². The first kappa shape index (κ1) is 8.23. The summed E-state index contributed by atoms with van der Waals surface area (Å²) in [6.07, 6.45) is 1.70. The van der Waals surface area contributed by atoms with Gasteiger partial charge < -0.3 is 5.11 Å². The van der Waals surface area contributed by atoms with Crippen LogP contribution in [0.5, 0.6) is 5.75 Å². The standard InChI is InChI=1S/C10H9FO2/c11-10-7-2-1-3-8(12)6(7)4-5-9(10)13/h4-5,13H,1-3H2. The molecule has 0 fully saturated rings. The van der Waals surface area contributed by atoms with Crippen molar-refractivity contribution >= 4 is 5.78 Å². The van der Waals surface area contributed by atoms with Crippen LogP contribution in [0, 0.1) is 5.82 Å². The number of fused-ring (bicyclic) bond motifs is 1. The van der Waals surface area contributed by atoms with E-state index in [0.717, 1.165) is 0 Å². The Morgan fingerprint density at radius 1 is 1.31 bits per heavy atom. The Hall–Kier alpha value is -1.38. The SMILES string of the molecule is O=C1CCCc2c1ccc(O)c2F. The third-order valence-corrected chi connectivity index (χ3v) is 2.35. The maximum atomic E-state index is 13.3. The number of hydrogen-bond donors (Lipinski definition) is 1. The van der Waals surface area contributed by atoms with Crippen LogP contribution in [0.25, 0.3) is 0 Å². The smallest absolute Gasteiger partial charge is 0.168 e. The Balaban J connectivity index is 2.63. The molecule has 0 aromatic heterocycles. The number of phenolic OH excluding ortho intramolecular Hbond substituents is 1. The normalized spacial score (nSPS) is 15.6. The van der Waals surface area contributed by atoms with E-state index in [2.05, 4.69) is 0 Å². The minimum absolute atomic E-state index is 0.0276. The number of benzene rings is 1. The van der Waals surface area contributed by atoms with Crippen LogP contribution in [0.1, 0.15) is 28.8 Å². The number of phenols is 1. The fourth-order valence-corrected chi connectivity index (χ4v) is 1.67. The largest absolute Gasteiger partial charge is 0.505 e. The van der Waals surface area contributed by atoms with Crippen LogP contribution in [0.15, 0.2) is 12.1 Å². The average Bonchev–Trinajstić information content (AvgIpc) is 2.12. The van der Waals surface area contributed by atoms with E-state index in [-0.39, 0.29) is 11.5 Å². The van der Waals surface area contributed by atoms with Gasteiger partial charge in [-0.25, -0.2) is 4.39 Å². The summed E-state index contributed by atoms with van der Waals surface area (Å²) in [6, 6.07) is 2.73. The van der Waals surface area contributed by atoms with Gasteiger partial charge in [0.2, 0.25) is 0 Å². The topological polar surface area (TPSA) is 37.3 Å². The van der Waals surface area contributed by atoms with Crippen molar-refractivity contribution in [1.82, 2.24) is 0 Å². The van der Waals surface area contributed by atoms with Gasteiger partial charge in [-0.15, -0.1) is 0 Å².